The van der Waals surface area contributed by atoms with E-state index in [1.165, 1.54) is 0 Å². The minimum atomic E-state index is -3.37. The smallest absolute Gasteiger partial charge is 0.215 e. The molecule has 0 fully saturated rings. The number of nitrogens with one attached hydrogen (secondary N) is 1. The van der Waals surface area contributed by atoms with Gasteiger partial charge < -0.3 is 9.47 Å². The van der Waals surface area contributed by atoms with E-state index in [2.05, 4.69) is 4.72 Å². The average molecular weight is 335 g/mol. The molecule has 0 unspecified atom stereocenters. The van der Waals surface area contributed by atoms with Crippen LogP contribution in [0.2, 0.25) is 0 Å². The molecular formula is C17H21NO4S. The molecule has 0 heterocycles. The number of benzene rings is 2. The molecule has 2 aromatic carbocycles. The van der Waals surface area contributed by atoms with Crippen LogP contribution in [0.15, 0.2) is 48.5 Å². The van der Waals surface area contributed by atoms with Gasteiger partial charge in [0, 0.05) is 6.54 Å². The lowest BCUT2D eigenvalue weighted by Crippen LogP contribution is -2.29. The number of ether oxygens (including phenoxy) is 2. The van der Waals surface area contributed by atoms with Gasteiger partial charge in [-0.1, -0.05) is 29.8 Å². The van der Waals surface area contributed by atoms with Crippen molar-refractivity contribution >= 4 is 10.0 Å². The molecule has 0 atom stereocenters. The fourth-order valence-electron chi connectivity index (χ4n) is 2.11. The van der Waals surface area contributed by atoms with Crippen LogP contribution in [0, 0.1) is 6.92 Å². The lowest BCUT2D eigenvalue weighted by atomic mass is 10.2. The fourth-order valence-corrected chi connectivity index (χ4v) is 3.23. The number of rotatable bonds is 8. The summed E-state index contributed by atoms with van der Waals surface area (Å²) in [6.45, 7) is 2.42. The number of aryl methyl sites for hydroxylation is 1. The Morgan fingerprint density at radius 2 is 1.74 bits per heavy atom. The molecule has 124 valence electrons. The Bertz CT molecular complexity index is 727. The van der Waals surface area contributed by atoms with Crippen molar-refractivity contribution in [3.8, 4) is 11.5 Å². The van der Waals surface area contributed by atoms with Crippen molar-refractivity contribution in [2.75, 3.05) is 20.3 Å². The third-order valence-corrected chi connectivity index (χ3v) is 4.55. The zero-order chi connectivity index (χ0) is 16.7. The highest BCUT2D eigenvalue weighted by Crippen LogP contribution is 2.16. The lowest BCUT2D eigenvalue weighted by Gasteiger charge is -2.09. The van der Waals surface area contributed by atoms with Crippen LogP contribution in [0.4, 0.5) is 0 Å². The summed E-state index contributed by atoms with van der Waals surface area (Å²) in [5, 5.41) is 0. The van der Waals surface area contributed by atoms with Crippen molar-refractivity contribution in [1.29, 1.82) is 0 Å². The molecule has 0 saturated carbocycles. The average Bonchev–Trinajstić information content (AvgIpc) is 2.52. The van der Waals surface area contributed by atoms with Crippen molar-refractivity contribution in [2.24, 2.45) is 0 Å². The second-order valence-corrected chi connectivity index (χ2v) is 6.97. The molecule has 0 aliphatic heterocycles. The molecular weight excluding hydrogens is 314 g/mol. The molecule has 0 bridgehead atoms. The summed E-state index contributed by atoms with van der Waals surface area (Å²) in [7, 11) is -1.77. The number of hydrogen-bond donors (Lipinski definition) is 1. The summed E-state index contributed by atoms with van der Waals surface area (Å²) in [6.07, 6.45) is 0. The topological polar surface area (TPSA) is 64.6 Å². The standard InChI is InChI=1S/C17H21NO4S/c1-14-4-3-5-15(12-14)13-23(19,20)18-10-11-22-17-8-6-16(21-2)7-9-17/h3-9,12,18H,10-11,13H2,1-2H3. The van der Waals surface area contributed by atoms with Gasteiger partial charge in [0.05, 0.1) is 12.9 Å². The van der Waals surface area contributed by atoms with Crippen LogP contribution in [0.25, 0.3) is 0 Å². The predicted octanol–water partition coefficient (Wildman–Crippen LogP) is 2.50. The SMILES string of the molecule is COc1ccc(OCCNS(=O)(=O)Cc2cccc(C)c2)cc1. The monoisotopic (exact) mass is 335 g/mol. The Kier molecular flexibility index (Phi) is 6.01. The molecule has 0 aliphatic rings. The van der Waals surface area contributed by atoms with Crippen LogP contribution in [0.1, 0.15) is 11.1 Å². The first-order valence-electron chi connectivity index (χ1n) is 7.28. The maximum atomic E-state index is 12.0. The van der Waals surface area contributed by atoms with E-state index >= 15 is 0 Å². The Hall–Kier alpha value is -2.05. The van der Waals surface area contributed by atoms with Gasteiger partial charge in [0.25, 0.3) is 0 Å². The number of sulfonamides is 1. The van der Waals surface area contributed by atoms with Crippen LogP contribution in [-0.4, -0.2) is 28.7 Å². The summed E-state index contributed by atoms with van der Waals surface area (Å²) >= 11 is 0. The van der Waals surface area contributed by atoms with Gasteiger partial charge in [-0.25, -0.2) is 13.1 Å². The van der Waals surface area contributed by atoms with Gasteiger partial charge >= 0.3 is 0 Å². The van der Waals surface area contributed by atoms with E-state index in [-0.39, 0.29) is 18.9 Å². The largest absolute Gasteiger partial charge is 0.497 e. The predicted molar refractivity (Wildman–Crippen MR) is 90.3 cm³/mol. The van der Waals surface area contributed by atoms with E-state index in [4.69, 9.17) is 9.47 Å². The summed E-state index contributed by atoms with van der Waals surface area (Å²) in [5.74, 6) is 1.39. The Morgan fingerprint density at radius 1 is 1.04 bits per heavy atom. The summed E-state index contributed by atoms with van der Waals surface area (Å²) < 4.78 is 37.1. The number of methoxy groups -OCH3 is 1. The zero-order valence-electron chi connectivity index (χ0n) is 13.3. The highest BCUT2D eigenvalue weighted by molar-refractivity contribution is 7.88. The van der Waals surface area contributed by atoms with Crippen LogP contribution in [0.3, 0.4) is 0 Å². The lowest BCUT2D eigenvalue weighted by molar-refractivity contribution is 0.322. The molecule has 5 nitrogen and oxygen atoms in total. The maximum absolute atomic E-state index is 12.0. The first-order chi connectivity index (χ1) is 11.0. The van der Waals surface area contributed by atoms with Gasteiger partial charge in [-0.2, -0.15) is 0 Å². The second-order valence-electron chi connectivity index (χ2n) is 5.17. The van der Waals surface area contributed by atoms with Crippen LogP contribution in [0.5, 0.6) is 11.5 Å². The molecule has 0 spiro atoms. The second kappa shape index (κ2) is 7.99. The van der Waals surface area contributed by atoms with Crippen LogP contribution >= 0.6 is 0 Å². The van der Waals surface area contributed by atoms with Crippen molar-refractivity contribution in [3.63, 3.8) is 0 Å². The van der Waals surface area contributed by atoms with Gasteiger partial charge in [-0.3, -0.25) is 0 Å². The molecule has 0 aromatic heterocycles. The molecule has 0 amide bonds. The van der Waals surface area contributed by atoms with Crippen LogP contribution in [-0.2, 0) is 15.8 Å². The molecule has 1 N–H and O–H groups in total. The zero-order valence-corrected chi connectivity index (χ0v) is 14.1. The normalized spacial score (nSPS) is 11.2. The highest BCUT2D eigenvalue weighted by atomic mass is 32.2. The molecule has 0 saturated heterocycles. The summed E-state index contributed by atoms with van der Waals surface area (Å²) in [5.41, 5.74) is 1.81. The van der Waals surface area contributed by atoms with Gasteiger partial charge in [0.2, 0.25) is 10.0 Å². The van der Waals surface area contributed by atoms with E-state index in [1.807, 2.05) is 25.1 Å². The first-order valence-corrected chi connectivity index (χ1v) is 8.93. The summed E-state index contributed by atoms with van der Waals surface area (Å²) in [6, 6.07) is 14.6. The minimum Gasteiger partial charge on any atom is -0.497 e. The molecule has 2 rings (SSSR count). The Morgan fingerprint density at radius 3 is 2.39 bits per heavy atom. The van der Waals surface area contributed by atoms with E-state index in [9.17, 15) is 8.42 Å². The van der Waals surface area contributed by atoms with E-state index in [0.29, 0.717) is 5.75 Å². The molecule has 0 aliphatic carbocycles. The van der Waals surface area contributed by atoms with Crippen LogP contribution < -0.4 is 14.2 Å². The third-order valence-electron chi connectivity index (χ3n) is 3.19. The van der Waals surface area contributed by atoms with E-state index < -0.39 is 10.0 Å². The molecule has 6 heteroatoms. The minimum absolute atomic E-state index is 0.0305. The fraction of sp³-hybridized carbons (Fsp3) is 0.294. The van der Waals surface area contributed by atoms with E-state index in [1.54, 1.807) is 37.4 Å². The van der Waals surface area contributed by atoms with Gasteiger partial charge in [0.1, 0.15) is 18.1 Å². The van der Waals surface area contributed by atoms with Gasteiger partial charge in [-0.15, -0.1) is 0 Å². The van der Waals surface area contributed by atoms with E-state index in [0.717, 1.165) is 16.9 Å². The quantitative estimate of drug-likeness (QED) is 0.753. The molecule has 2 aromatic rings. The third kappa shape index (κ3) is 5.92. The molecule has 23 heavy (non-hydrogen) atoms. The first kappa shape index (κ1) is 17.3. The van der Waals surface area contributed by atoms with Gasteiger partial charge in [-0.05, 0) is 36.8 Å². The van der Waals surface area contributed by atoms with Crippen molar-refractivity contribution in [3.05, 3.63) is 59.7 Å². The Balaban J connectivity index is 1.78. The Labute approximate surface area is 137 Å². The summed E-state index contributed by atoms with van der Waals surface area (Å²) in [4.78, 5) is 0. The van der Waals surface area contributed by atoms with Crippen molar-refractivity contribution < 1.29 is 17.9 Å². The van der Waals surface area contributed by atoms with Gasteiger partial charge in [0.15, 0.2) is 0 Å². The van der Waals surface area contributed by atoms with Crippen molar-refractivity contribution in [2.45, 2.75) is 12.7 Å². The molecule has 0 radical (unpaired) electrons. The number of hydrogen-bond acceptors (Lipinski definition) is 4. The highest BCUT2D eigenvalue weighted by Gasteiger charge is 2.11. The van der Waals surface area contributed by atoms with Crippen molar-refractivity contribution in [1.82, 2.24) is 4.72 Å². The maximum Gasteiger partial charge on any atom is 0.215 e.